The van der Waals surface area contributed by atoms with Crippen LogP contribution < -0.4 is 4.90 Å². The van der Waals surface area contributed by atoms with Gasteiger partial charge in [-0.2, -0.15) is 11.8 Å². The van der Waals surface area contributed by atoms with Crippen LogP contribution in [-0.4, -0.2) is 84.9 Å². The number of anilines is 1. The molecule has 25 heavy (non-hydrogen) atoms. The highest BCUT2D eigenvalue weighted by Crippen LogP contribution is 2.23. The van der Waals surface area contributed by atoms with E-state index in [1.807, 2.05) is 23.9 Å². The van der Waals surface area contributed by atoms with Gasteiger partial charge in [0.25, 0.3) is 0 Å². The second-order valence-corrected chi connectivity index (χ2v) is 8.03. The van der Waals surface area contributed by atoms with Crippen molar-refractivity contribution in [1.82, 2.24) is 9.80 Å². The molecule has 0 amide bonds. The minimum absolute atomic E-state index is 0.144. The van der Waals surface area contributed by atoms with Crippen molar-refractivity contribution in [1.29, 1.82) is 0 Å². The molecule has 1 aromatic rings. The third-order valence-electron chi connectivity index (χ3n) is 5.43. The average Bonchev–Trinajstić information content (AvgIpc) is 2.63. The summed E-state index contributed by atoms with van der Waals surface area (Å²) in [5.41, 5.74) is 0.700. The number of hydrogen-bond acceptors (Lipinski definition) is 5. The number of benzene rings is 1. The molecule has 0 bridgehead atoms. The van der Waals surface area contributed by atoms with Crippen LogP contribution in [0.15, 0.2) is 24.3 Å². The van der Waals surface area contributed by atoms with Crippen LogP contribution in [0.1, 0.15) is 12.8 Å². The molecule has 2 aliphatic heterocycles. The number of likely N-dealkylation sites (tertiary alicyclic amines) is 1. The molecular weight excluding hydrogens is 337 g/mol. The summed E-state index contributed by atoms with van der Waals surface area (Å²) in [4.78, 5) is 6.92. The standard InChI is InChI=1S/C19H30FN3OS/c1-25-14-4-8-21-9-7-18(19(24)15-21)23-12-10-22(11-13-23)17-6-3-2-5-16(17)20/h2-3,5-6,18-19,24H,4,7-15H2,1H3/t18-,19-/m1/s1. The SMILES string of the molecule is CSCCCN1CC[C@@H](N2CCN(c3ccccc3F)CC2)[C@H](O)C1. The first-order chi connectivity index (χ1) is 12.2. The lowest BCUT2D eigenvalue weighted by Gasteiger charge is -2.45. The average molecular weight is 368 g/mol. The van der Waals surface area contributed by atoms with Crippen molar-refractivity contribution in [2.45, 2.75) is 25.0 Å². The van der Waals surface area contributed by atoms with Crippen LogP contribution in [0.3, 0.4) is 0 Å². The fourth-order valence-electron chi connectivity index (χ4n) is 4.05. The van der Waals surface area contributed by atoms with Crippen molar-refractivity contribution < 1.29 is 9.50 Å². The van der Waals surface area contributed by atoms with Crippen molar-refractivity contribution in [2.75, 3.05) is 62.7 Å². The van der Waals surface area contributed by atoms with E-state index >= 15 is 0 Å². The number of rotatable bonds is 6. The third-order valence-corrected chi connectivity index (χ3v) is 6.13. The van der Waals surface area contributed by atoms with Gasteiger partial charge in [0.05, 0.1) is 11.8 Å². The zero-order chi connectivity index (χ0) is 17.6. The molecular formula is C19H30FN3OS. The molecule has 0 aromatic heterocycles. The van der Waals surface area contributed by atoms with E-state index in [9.17, 15) is 9.50 Å². The molecule has 2 heterocycles. The first-order valence-electron chi connectivity index (χ1n) is 9.32. The number of piperazine rings is 1. The predicted molar refractivity (Wildman–Crippen MR) is 104 cm³/mol. The highest BCUT2D eigenvalue weighted by Gasteiger charge is 2.33. The van der Waals surface area contributed by atoms with E-state index < -0.39 is 0 Å². The van der Waals surface area contributed by atoms with Gasteiger partial charge >= 0.3 is 0 Å². The number of aliphatic hydroxyl groups excluding tert-OH is 1. The van der Waals surface area contributed by atoms with E-state index in [4.69, 9.17) is 0 Å². The van der Waals surface area contributed by atoms with Crippen molar-refractivity contribution in [3.63, 3.8) is 0 Å². The Morgan fingerprint density at radius 1 is 1.16 bits per heavy atom. The summed E-state index contributed by atoms with van der Waals surface area (Å²) in [5.74, 6) is 1.04. The van der Waals surface area contributed by atoms with E-state index in [1.54, 1.807) is 6.07 Å². The Balaban J connectivity index is 1.48. The smallest absolute Gasteiger partial charge is 0.146 e. The molecule has 0 unspecified atom stereocenters. The van der Waals surface area contributed by atoms with Crippen molar-refractivity contribution in [3.05, 3.63) is 30.1 Å². The molecule has 0 saturated carbocycles. The summed E-state index contributed by atoms with van der Waals surface area (Å²) < 4.78 is 14.0. The normalized spacial score (nSPS) is 26.1. The molecule has 1 N–H and O–H groups in total. The maximum atomic E-state index is 14.0. The molecule has 4 nitrogen and oxygen atoms in total. The molecule has 0 spiro atoms. The number of nitrogens with zero attached hydrogens (tertiary/aromatic N) is 3. The summed E-state index contributed by atoms with van der Waals surface area (Å²) in [6, 6.07) is 7.25. The van der Waals surface area contributed by atoms with Crippen LogP contribution in [0.5, 0.6) is 0 Å². The monoisotopic (exact) mass is 367 g/mol. The Kier molecular flexibility index (Phi) is 6.99. The fourth-order valence-corrected chi connectivity index (χ4v) is 4.47. The number of halogens is 1. The third kappa shape index (κ3) is 4.88. The van der Waals surface area contributed by atoms with Gasteiger partial charge in [-0.05, 0) is 50.1 Å². The Morgan fingerprint density at radius 3 is 2.60 bits per heavy atom. The van der Waals surface area contributed by atoms with Gasteiger partial charge in [0.1, 0.15) is 5.82 Å². The Labute approximate surface area is 155 Å². The number of hydrogen-bond donors (Lipinski definition) is 1. The molecule has 2 aliphatic rings. The van der Waals surface area contributed by atoms with E-state index in [1.165, 1.54) is 18.2 Å². The van der Waals surface area contributed by atoms with Gasteiger partial charge in [0.15, 0.2) is 0 Å². The number of β-amino-alcohol motifs (C(OH)–C–C–N with tert-alkyl or cyclic N) is 1. The first kappa shape index (κ1) is 19.0. The molecule has 2 fully saturated rings. The second kappa shape index (κ2) is 9.21. The lowest BCUT2D eigenvalue weighted by atomic mass is 9.99. The topological polar surface area (TPSA) is 30.0 Å². The molecule has 2 atom stereocenters. The second-order valence-electron chi connectivity index (χ2n) is 7.04. The number of thioether (sulfide) groups is 1. The van der Waals surface area contributed by atoms with E-state index in [-0.39, 0.29) is 18.0 Å². The Morgan fingerprint density at radius 2 is 1.92 bits per heavy atom. The Hall–Kier alpha value is -0.820. The summed E-state index contributed by atoms with van der Waals surface area (Å²) in [7, 11) is 0. The zero-order valence-electron chi connectivity index (χ0n) is 15.1. The zero-order valence-corrected chi connectivity index (χ0v) is 15.9. The number of aliphatic hydroxyl groups is 1. The molecule has 1 aromatic carbocycles. The summed E-state index contributed by atoms with van der Waals surface area (Å²) in [6.45, 7) is 6.37. The van der Waals surface area contributed by atoms with Gasteiger partial charge in [-0.3, -0.25) is 4.90 Å². The molecule has 2 saturated heterocycles. The maximum Gasteiger partial charge on any atom is 0.146 e. The highest BCUT2D eigenvalue weighted by molar-refractivity contribution is 7.98. The van der Waals surface area contributed by atoms with Crippen LogP contribution in [0.4, 0.5) is 10.1 Å². The molecule has 0 radical (unpaired) electrons. The summed E-state index contributed by atoms with van der Waals surface area (Å²) >= 11 is 1.88. The van der Waals surface area contributed by atoms with E-state index in [0.29, 0.717) is 5.69 Å². The van der Waals surface area contributed by atoms with Gasteiger partial charge in [-0.25, -0.2) is 4.39 Å². The van der Waals surface area contributed by atoms with Crippen molar-refractivity contribution >= 4 is 17.4 Å². The predicted octanol–water partition coefficient (Wildman–Crippen LogP) is 2.14. The van der Waals surface area contributed by atoms with Gasteiger partial charge in [0.2, 0.25) is 0 Å². The molecule has 0 aliphatic carbocycles. The minimum Gasteiger partial charge on any atom is -0.390 e. The van der Waals surface area contributed by atoms with Crippen molar-refractivity contribution in [2.24, 2.45) is 0 Å². The molecule has 3 rings (SSSR count). The van der Waals surface area contributed by atoms with Gasteiger partial charge in [0, 0.05) is 38.8 Å². The molecule has 6 heteroatoms. The van der Waals surface area contributed by atoms with Crippen LogP contribution in [0.25, 0.3) is 0 Å². The number of piperidine rings is 1. The Bertz CT molecular complexity index is 539. The first-order valence-corrected chi connectivity index (χ1v) is 10.7. The molecule has 140 valence electrons. The van der Waals surface area contributed by atoms with Crippen LogP contribution in [-0.2, 0) is 0 Å². The fraction of sp³-hybridized carbons (Fsp3) is 0.684. The summed E-state index contributed by atoms with van der Waals surface area (Å²) in [5, 5.41) is 10.6. The van der Waals surface area contributed by atoms with Crippen LogP contribution in [0.2, 0.25) is 0 Å². The van der Waals surface area contributed by atoms with Crippen LogP contribution in [0, 0.1) is 5.82 Å². The van der Waals surface area contributed by atoms with E-state index in [2.05, 4.69) is 21.0 Å². The minimum atomic E-state index is -0.275. The van der Waals surface area contributed by atoms with Crippen molar-refractivity contribution in [3.8, 4) is 0 Å². The van der Waals surface area contributed by atoms with Gasteiger partial charge < -0.3 is 14.9 Å². The lowest BCUT2D eigenvalue weighted by molar-refractivity contribution is -0.0147. The highest BCUT2D eigenvalue weighted by atomic mass is 32.2. The van der Waals surface area contributed by atoms with Gasteiger partial charge in [-0.1, -0.05) is 12.1 Å². The quantitative estimate of drug-likeness (QED) is 0.779. The summed E-state index contributed by atoms with van der Waals surface area (Å²) in [6.07, 6.45) is 4.09. The maximum absolute atomic E-state index is 14.0. The number of para-hydroxylation sites is 1. The largest absolute Gasteiger partial charge is 0.390 e. The van der Waals surface area contributed by atoms with Crippen LogP contribution >= 0.6 is 11.8 Å². The van der Waals surface area contributed by atoms with E-state index in [0.717, 1.165) is 52.2 Å². The van der Waals surface area contributed by atoms with Gasteiger partial charge in [-0.15, -0.1) is 0 Å². The lowest BCUT2D eigenvalue weighted by Crippen LogP contribution is -2.59.